The van der Waals surface area contributed by atoms with Crippen LogP contribution in [0.4, 0.5) is 10.1 Å². The molecule has 0 saturated carbocycles. The van der Waals surface area contributed by atoms with Gasteiger partial charge in [-0.3, -0.25) is 9.59 Å². The van der Waals surface area contributed by atoms with Gasteiger partial charge in [0.1, 0.15) is 5.82 Å². The molecule has 114 valence electrons. The van der Waals surface area contributed by atoms with Crippen LogP contribution in [0.15, 0.2) is 18.2 Å². The van der Waals surface area contributed by atoms with Crippen LogP contribution in [0, 0.1) is 11.7 Å². The van der Waals surface area contributed by atoms with E-state index in [0.717, 1.165) is 0 Å². The first kappa shape index (κ1) is 15.3. The third-order valence-corrected chi connectivity index (χ3v) is 3.74. The Balaban J connectivity index is 2.02. The van der Waals surface area contributed by atoms with Crippen LogP contribution < -0.4 is 5.73 Å². The zero-order chi connectivity index (χ0) is 15.6. The van der Waals surface area contributed by atoms with Crippen molar-refractivity contribution in [2.24, 2.45) is 5.92 Å². The van der Waals surface area contributed by atoms with Crippen molar-refractivity contribution in [3.8, 4) is 0 Å². The Bertz CT molecular complexity index is 532. The Morgan fingerprint density at radius 1 is 1.24 bits per heavy atom. The molecule has 0 spiro atoms. The molecule has 0 aliphatic carbocycles. The molecule has 2 rings (SSSR count). The largest absolute Gasteiger partial charge is 0.399 e. The van der Waals surface area contributed by atoms with E-state index in [1.54, 1.807) is 23.9 Å². The number of anilines is 1. The van der Waals surface area contributed by atoms with Crippen LogP contribution in [0.25, 0.3) is 0 Å². The molecule has 0 atom stereocenters. The van der Waals surface area contributed by atoms with Gasteiger partial charge >= 0.3 is 0 Å². The summed E-state index contributed by atoms with van der Waals surface area (Å²) in [5.74, 6) is -0.702. The molecule has 0 aromatic heterocycles. The lowest BCUT2D eigenvalue weighted by Crippen LogP contribution is -2.42. The second-order valence-corrected chi connectivity index (χ2v) is 5.57. The van der Waals surface area contributed by atoms with E-state index in [0.29, 0.717) is 25.9 Å². The summed E-state index contributed by atoms with van der Waals surface area (Å²) < 4.78 is 13.3. The normalized spacial score (nSPS) is 15.9. The molecule has 1 aliphatic rings. The minimum Gasteiger partial charge on any atom is -0.399 e. The van der Waals surface area contributed by atoms with Gasteiger partial charge < -0.3 is 15.5 Å². The number of amides is 2. The number of piperidine rings is 1. The fourth-order valence-electron chi connectivity index (χ4n) is 2.61. The summed E-state index contributed by atoms with van der Waals surface area (Å²) >= 11 is 0. The molecule has 0 unspecified atom stereocenters. The maximum atomic E-state index is 13.3. The third kappa shape index (κ3) is 3.51. The van der Waals surface area contributed by atoms with Crippen molar-refractivity contribution < 1.29 is 14.0 Å². The molecule has 21 heavy (non-hydrogen) atoms. The SMILES string of the molecule is CN(C)C(=O)C1CCN(C(=O)c2cc(N)cc(F)c2)CC1. The predicted octanol–water partition coefficient (Wildman–Crippen LogP) is 1.35. The van der Waals surface area contributed by atoms with Crippen molar-refractivity contribution in [1.82, 2.24) is 9.80 Å². The molecule has 5 nitrogen and oxygen atoms in total. The number of hydrogen-bond donors (Lipinski definition) is 1. The van der Waals surface area contributed by atoms with Crippen molar-refractivity contribution in [2.75, 3.05) is 32.9 Å². The number of likely N-dealkylation sites (tertiary alicyclic amines) is 1. The van der Waals surface area contributed by atoms with E-state index < -0.39 is 5.82 Å². The fourth-order valence-corrected chi connectivity index (χ4v) is 2.61. The van der Waals surface area contributed by atoms with Crippen LogP contribution in [0.1, 0.15) is 23.2 Å². The van der Waals surface area contributed by atoms with Gasteiger partial charge in [-0.25, -0.2) is 4.39 Å². The number of nitrogens with zero attached hydrogens (tertiary/aromatic N) is 2. The molecule has 2 amide bonds. The quantitative estimate of drug-likeness (QED) is 0.837. The number of nitrogen functional groups attached to an aromatic ring is 1. The average Bonchev–Trinajstić information content (AvgIpc) is 2.44. The highest BCUT2D eigenvalue weighted by atomic mass is 19.1. The highest BCUT2D eigenvalue weighted by Crippen LogP contribution is 2.21. The summed E-state index contributed by atoms with van der Waals surface area (Å²) in [7, 11) is 3.46. The molecular weight excluding hydrogens is 273 g/mol. The van der Waals surface area contributed by atoms with Crippen molar-refractivity contribution in [2.45, 2.75) is 12.8 Å². The summed E-state index contributed by atoms with van der Waals surface area (Å²) in [6.45, 7) is 0.999. The molecule has 0 bridgehead atoms. The summed E-state index contributed by atoms with van der Waals surface area (Å²) in [5.41, 5.74) is 6.05. The first-order valence-electron chi connectivity index (χ1n) is 6.95. The lowest BCUT2D eigenvalue weighted by Gasteiger charge is -2.32. The second-order valence-electron chi connectivity index (χ2n) is 5.57. The number of benzene rings is 1. The van der Waals surface area contributed by atoms with Gasteiger partial charge in [-0.2, -0.15) is 0 Å². The fraction of sp³-hybridized carbons (Fsp3) is 0.467. The molecule has 1 heterocycles. The smallest absolute Gasteiger partial charge is 0.254 e. The van der Waals surface area contributed by atoms with Crippen LogP contribution in [0.3, 0.4) is 0 Å². The van der Waals surface area contributed by atoms with Gasteiger partial charge in [0.2, 0.25) is 5.91 Å². The maximum Gasteiger partial charge on any atom is 0.254 e. The number of hydrogen-bond acceptors (Lipinski definition) is 3. The van der Waals surface area contributed by atoms with Crippen molar-refractivity contribution >= 4 is 17.5 Å². The number of carbonyl (C=O) groups excluding carboxylic acids is 2. The van der Waals surface area contributed by atoms with Crippen LogP contribution in [0.5, 0.6) is 0 Å². The third-order valence-electron chi connectivity index (χ3n) is 3.74. The van der Waals surface area contributed by atoms with Gasteiger partial charge in [0, 0.05) is 44.4 Å². The predicted molar refractivity (Wildman–Crippen MR) is 78.1 cm³/mol. The molecule has 6 heteroatoms. The van der Waals surface area contributed by atoms with E-state index >= 15 is 0 Å². The Kier molecular flexibility index (Phi) is 4.45. The molecule has 1 fully saturated rings. The van der Waals surface area contributed by atoms with Gasteiger partial charge in [0.05, 0.1) is 0 Å². The zero-order valence-electron chi connectivity index (χ0n) is 12.3. The molecule has 1 aliphatic heterocycles. The number of rotatable bonds is 2. The molecule has 1 saturated heterocycles. The topological polar surface area (TPSA) is 66.6 Å². The lowest BCUT2D eigenvalue weighted by atomic mass is 9.95. The van der Waals surface area contributed by atoms with E-state index in [1.807, 2.05) is 0 Å². The van der Waals surface area contributed by atoms with Gasteiger partial charge in [-0.15, -0.1) is 0 Å². The minimum atomic E-state index is -0.518. The standard InChI is InChI=1S/C15H20FN3O2/c1-18(2)14(20)10-3-5-19(6-4-10)15(21)11-7-12(16)9-13(17)8-11/h7-10H,3-6,17H2,1-2H3. The van der Waals surface area contributed by atoms with Crippen molar-refractivity contribution in [3.63, 3.8) is 0 Å². The zero-order valence-corrected chi connectivity index (χ0v) is 12.3. The average molecular weight is 293 g/mol. The lowest BCUT2D eigenvalue weighted by molar-refractivity contribution is -0.134. The van der Waals surface area contributed by atoms with E-state index in [-0.39, 0.29) is 29.0 Å². The van der Waals surface area contributed by atoms with E-state index in [9.17, 15) is 14.0 Å². The van der Waals surface area contributed by atoms with Crippen molar-refractivity contribution in [1.29, 1.82) is 0 Å². The van der Waals surface area contributed by atoms with Crippen LogP contribution in [-0.2, 0) is 4.79 Å². The first-order chi connectivity index (χ1) is 9.88. The van der Waals surface area contributed by atoms with E-state index in [1.165, 1.54) is 18.2 Å². The van der Waals surface area contributed by atoms with E-state index in [4.69, 9.17) is 5.73 Å². The molecular formula is C15H20FN3O2. The van der Waals surface area contributed by atoms with Gasteiger partial charge in [-0.1, -0.05) is 0 Å². The Hall–Kier alpha value is -2.11. The molecule has 0 radical (unpaired) electrons. The van der Waals surface area contributed by atoms with Crippen LogP contribution in [0.2, 0.25) is 0 Å². The Morgan fingerprint density at radius 2 is 1.86 bits per heavy atom. The Labute approximate surface area is 123 Å². The first-order valence-corrected chi connectivity index (χ1v) is 6.95. The summed E-state index contributed by atoms with van der Waals surface area (Å²) in [4.78, 5) is 27.4. The summed E-state index contributed by atoms with van der Waals surface area (Å²) in [5, 5.41) is 0. The van der Waals surface area contributed by atoms with Crippen LogP contribution in [-0.4, -0.2) is 48.8 Å². The molecule has 1 aromatic carbocycles. The Morgan fingerprint density at radius 3 is 2.38 bits per heavy atom. The van der Waals surface area contributed by atoms with E-state index in [2.05, 4.69) is 0 Å². The minimum absolute atomic E-state index is 0.0402. The molecule has 1 aromatic rings. The van der Waals surface area contributed by atoms with Gasteiger partial charge in [0.15, 0.2) is 0 Å². The highest BCUT2D eigenvalue weighted by Gasteiger charge is 2.28. The number of nitrogens with two attached hydrogens (primary N) is 1. The second kappa shape index (κ2) is 6.11. The molecule has 2 N–H and O–H groups in total. The summed E-state index contributed by atoms with van der Waals surface area (Å²) in [6, 6.07) is 3.84. The number of halogens is 1. The van der Waals surface area contributed by atoms with Crippen molar-refractivity contribution in [3.05, 3.63) is 29.6 Å². The maximum absolute atomic E-state index is 13.3. The highest BCUT2D eigenvalue weighted by molar-refractivity contribution is 5.95. The monoisotopic (exact) mass is 293 g/mol. The van der Waals surface area contributed by atoms with Gasteiger partial charge in [-0.05, 0) is 31.0 Å². The number of carbonyl (C=O) groups is 2. The van der Waals surface area contributed by atoms with Crippen LogP contribution >= 0.6 is 0 Å². The van der Waals surface area contributed by atoms with Gasteiger partial charge in [0.25, 0.3) is 5.91 Å². The summed E-state index contributed by atoms with van der Waals surface area (Å²) in [6.07, 6.45) is 1.26.